The van der Waals surface area contributed by atoms with Crippen LogP contribution in [-0.4, -0.2) is 9.94 Å². The fraction of sp³-hybridized carbons (Fsp3) is 0. The van der Waals surface area contributed by atoms with Crippen molar-refractivity contribution in [3.63, 3.8) is 0 Å². The average Bonchev–Trinajstić information content (AvgIpc) is 2.52. The summed E-state index contributed by atoms with van der Waals surface area (Å²) in [6.45, 7) is 0. The van der Waals surface area contributed by atoms with E-state index in [9.17, 15) is 5.21 Å². The van der Waals surface area contributed by atoms with Gasteiger partial charge in [0.25, 0.3) is 0 Å². The third-order valence-corrected chi connectivity index (χ3v) is 2.42. The van der Waals surface area contributed by atoms with Gasteiger partial charge in [-0.3, -0.25) is 0 Å². The zero-order valence-electron chi connectivity index (χ0n) is 7.40. The number of aromatic nitrogens is 1. The molecule has 0 unspecified atom stereocenters. The van der Waals surface area contributed by atoms with Crippen LogP contribution >= 0.6 is 11.6 Å². The van der Waals surface area contributed by atoms with E-state index in [4.69, 9.17) is 22.1 Å². The first-order valence-electron chi connectivity index (χ1n) is 4.01. The second-order valence-corrected chi connectivity index (χ2v) is 3.37. The lowest BCUT2D eigenvalue weighted by atomic mass is 10.1. The van der Waals surface area contributed by atoms with Crippen molar-refractivity contribution in [1.29, 1.82) is 10.5 Å². The van der Waals surface area contributed by atoms with Crippen LogP contribution in [-0.2, 0) is 0 Å². The fourth-order valence-corrected chi connectivity index (χ4v) is 1.64. The molecule has 0 saturated heterocycles. The molecule has 2 aromatic rings. The van der Waals surface area contributed by atoms with Gasteiger partial charge in [0.1, 0.15) is 12.1 Å². The molecule has 1 aromatic heterocycles. The van der Waals surface area contributed by atoms with Crippen LogP contribution in [0.5, 0.6) is 0 Å². The first-order valence-corrected chi connectivity index (χ1v) is 4.39. The molecule has 0 aliphatic carbocycles. The molecule has 1 aromatic carbocycles. The molecular weight excluding hydrogens is 214 g/mol. The molecule has 72 valence electrons. The maximum atomic E-state index is 9.42. The zero-order valence-corrected chi connectivity index (χ0v) is 8.15. The van der Waals surface area contributed by atoms with Crippen LogP contribution in [0.25, 0.3) is 10.9 Å². The van der Waals surface area contributed by atoms with Crippen molar-refractivity contribution in [2.45, 2.75) is 0 Å². The minimum Gasteiger partial charge on any atom is -0.428 e. The van der Waals surface area contributed by atoms with Crippen LogP contribution in [0.2, 0.25) is 5.02 Å². The first kappa shape index (κ1) is 9.39. The van der Waals surface area contributed by atoms with E-state index in [2.05, 4.69) is 0 Å². The molecule has 5 heteroatoms. The predicted molar refractivity (Wildman–Crippen MR) is 53.6 cm³/mol. The van der Waals surface area contributed by atoms with Crippen LogP contribution in [0.3, 0.4) is 0 Å². The summed E-state index contributed by atoms with van der Waals surface area (Å²) in [6.07, 6.45) is 1.31. The smallest absolute Gasteiger partial charge is 0.101 e. The molecule has 0 radical (unpaired) electrons. The maximum absolute atomic E-state index is 9.42. The molecule has 4 nitrogen and oxygen atoms in total. The molecule has 0 aliphatic rings. The maximum Gasteiger partial charge on any atom is 0.101 e. The minimum atomic E-state index is 0.218. The van der Waals surface area contributed by atoms with E-state index in [1.807, 2.05) is 12.1 Å². The number of hydrogen-bond acceptors (Lipinski definition) is 3. The van der Waals surface area contributed by atoms with Crippen LogP contribution in [0.4, 0.5) is 0 Å². The Morgan fingerprint density at radius 2 is 1.80 bits per heavy atom. The molecule has 2 rings (SSSR count). The standard InChI is InChI=1S/C10H4ClN3O/c11-9-5-14(15)10-2-7(4-13)6(3-12)1-8(9)10/h1-2,5,15H. The Morgan fingerprint density at radius 3 is 2.40 bits per heavy atom. The summed E-state index contributed by atoms with van der Waals surface area (Å²) in [5, 5.41) is 27.9. The van der Waals surface area contributed by atoms with E-state index in [1.54, 1.807) is 0 Å². The topological polar surface area (TPSA) is 72.7 Å². The van der Waals surface area contributed by atoms with Crippen molar-refractivity contribution in [3.05, 3.63) is 34.5 Å². The molecule has 0 fully saturated rings. The van der Waals surface area contributed by atoms with E-state index in [1.165, 1.54) is 18.3 Å². The van der Waals surface area contributed by atoms with Gasteiger partial charge in [0.15, 0.2) is 0 Å². The van der Waals surface area contributed by atoms with E-state index >= 15 is 0 Å². The second kappa shape index (κ2) is 3.20. The van der Waals surface area contributed by atoms with Crippen molar-refractivity contribution in [2.75, 3.05) is 0 Å². The highest BCUT2D eigenvalue weighted by Gasteiger charge is 2.11. The Labute approximate surface area is 90.1 Å². The first-order chi connectivity index (χ1) is 7.17. The largest absolute Gasteiger partial charge is 0.428 e. The monoisotopic (exact) mass is 217 g/mol. The highest BCUT2D eigenvalue weighted by molar-refractivity contribution is 6.35. The number of halogens is 1. The quantitative estimate of drug-likeness (QED) is 0.688. The van der Waals surface area contributed by atoms with Gasteiger partial charge in [0.2, 0.25) is 0 Å². The molecule has 0 bridgehead atoms. The van der Waals surface area contributed by atoms with Crippen molar-refractivity contribution in [2.24, 2.45) is 0 Å². The molecule has 0 atom stereocenters. The number of rotatable bonds is 0. The van der Waals surface area contributed by atoms with E-state index in [0.29, 0.717) is 15.9 Å². The van der Waals surface area contributed by atoms with E-state index in [-0.39, 0.29) is 11.1 Å². The Morgan fingerprint density at radius 1 is 1.20 bits per heavy atom. The molecule has 15 heavy (non-hydrogen) atoms. The van der Waals surface area contributed by atoms with Crippen molar-refractivity contribution in [3.8, 4) is 12.1 Å². The summed E-state index contributed by atoms with van der Waals surface area (Å²) in [6, 6.07) is 6.71. The predicted octanol–water partition coefficient (Wildman–Crippen LogP) is 2.28. The van der Waals surface area contributed by atoms with Gasteiger partial charge in [-0.25, -0.2) is 0 Å². The summed E-state index contributed by atoms with van der Waals surface area (Å²) >= 11 is 5.83. The number of fused-ring (bicyclic) bond motifs is 1. The van der Waals surface area contributed by atoms with Gasteiger partial charge < -0.3 is 5.21 Å². The van der Waals surface area contributed by atoms with Gasteiger partial charge in [0.05, 0.1) is 27.9 Å². The Balaban J connectivity index is 2.93. The summed E-state index contributed by atoms with van der Waals surface area (Å²) in [7, 11) is 0. The fourth-order valence-electron chi connectivity index (χ4n) is 1.40. The summed E-state index contributed by atoms with van der Waals surface area (Å²) < 4.78 is 0.833. The van der Waals surface area contributed by atoms with E-state index in [0.717, 1.165) is 4.73 Å². The SMILES string of the molecule is N#Cc1cc2c(Cl)cn(O)c2cc1C#N. The Bertz CT molecular complexity index is 577. The number of nitrogens with zero attached hydrogens (tertiary/aromatic N) is 3. The number of nitriles is 2. The number of hydrogen-bond donors (Lipinski definition) is 1. The zero-order chi connectivity index (χ0) is 11.0. The second-order valence-electron chi connectivity index (χ2n) is 2.96. The van der Waals surface area contributed by atoms with Gasteiger partial charge in [-0.05, 0) is 12.1 Å². The van der Waals surface area contributed by atoms with Gasteiger partial charge >= 0.3 is 0 Å². The van der Waals surface area contributed by atoms with Gasteiger partial charge in [0, 0.05) is 5.39 Å². The van der Waals surface area contributed by atoms with Crippen molar-refractivity contribution >= 4 is 22.5 Å². The summed E-state index contributed by atoms with van der Waals surface area (Å²) in [5.41, 5.74) is 0.878. The third kappa shape index (κ3) is 1.28. The van der Waals surface area contributed by atoms with Crippen molar-refractivity contribution < 1.29 is 5.21 Å². The van der Waals surface area contributed by atoms with Gasteiger partial charge in [-0.15, -0.1) is 0 Å². The highest BCUT2D eigenvalue weighted by atomic mass is 35.5. The Hall–Kier alpha value is -2.17. The lowest BCUT2D eigenvalue weighted by Gasteiger charge is -1.97. The number of benzene rings is 1. The minimum absolute atomic E-state index is 0.218. The van der Waals surface area contributed by atoms with E-state index < -0.39 is 0 Å². The Kier molecular flexibility index (Phi) is 2.00. The molecular formula is C10H4ClN3O. The molecule has 0 amide bonds. The van der Waals surface area contributed by atoms with Crippen LogP contribution in [0.1, 0.15) is 11.1 Å². The van der Waals surface area contributed by atoms with Crippen LogP contribution in [0.15, 0.2) is 18.3 Å². The molecule has 0 aliphatic heterocycles. The molecule has 0 spiro atoms. The van der Waals surface area contributed by atoms with Gasteiger partial charge in [-0.1, -0.05) is 11.6 Å². The third-order valence-electron chi connectivity index (χ3n) is 2.12. The van der Waals surface area contributed by atoms with Crippen molar-refractivity contribution in [1.82, 2.24) is 4.73 Å². The average molecular weight is 218 g/mol. The highest BCUT2D eigenvalue weighted by Crippen LogP contribution is 2.27. The van der Waals surface area contributed by atoms with Gasteiger partial charge in [-0.2, -0.15) is 15.3 Å². The lowest BCUT2D eigenvalue weighted by molar-refractivity contribution is 0.200. The molecule has 0 saturated carbocycles. The van der Waals surface area contributed by atoms with Crippen LogP contribution < -0.4 is 0 Å². The normalized spacial score (nSPS) is 9.80. The molecule has 1 N–H and O–H groups in total. The summed E-state index contributed by atoms with van der Waals surface area (Å²) in [5.74, 6) is 0. The lowest BCUT2D eigenvalue weighted by Crippen LogP contribution is -1.89. The summed E-state index contributed by atoms with van der Waals surface area (Å²) in [4.78, 5) is 0. The molecule has 1 heterocycles. The van der Waals surface area contributed by atoms with Crippen LogP contribution in [0, 0.1) is 22.7 Å².